The number of aliphatic hydroxyl groups excluding tert-OH is 4. The van der Waals surface area contributed by atoms with Gasteiger partial charge >= 0.3 is 5.97 Å². The number of aromatic nitrogens is 4. The molecule has 12 aromatic rings. The maximum atomic E-state index is 14.4. The molecule has 25 heteroatoms. The van der Waals surface area contributed by atoms with Gasteiger partial charge in [-0.2, -0.15) is 15.5 Å². The van der Waals surface area contributed by atoms with E-state index in [4.69, 9.17) is 49.8 Å². The van der Waals surface area contributed by atoms with Gasteiger partial charge in [0.05, 0.1) is 81.9 Å². The molecule has 10 aromatic carbocycles. The van der Waals surface area contributed by atoms with E-state index in [1.54, 1.807) is 72.8 Å². The van der Waals surface area contributed by atoms with E-state index in [0.717, 1.165) is 108 Å². The Balaban J connectivity index is 0.000000143. The minimum Gasteiger partial charge on any atom is -0.489 e. The number of halogens is 7. The van der Waals surface area contributed by atoms with Crippen molar-refractivity contribution >= 4 is 55.0 Å². The van der Waals surface area contributed by atoms with Crippen LogP contribution in [0.4, 0.5) is 26.3 Å². The molecule has 2 saturated heterocycles. The Kier molecular flexibility index (Phi) is 33.2. The Morgan fingerprint density at radius 2 is 0.778 bits per heavy atom. The smallest absolute Gasteiger partial charge is 0.317 e. The molecule has 5 aliphatic carbocycles. The predicted molar refractivity (Wildman–Crippen MR) is 520 cm³/mol. The molecule has 4 heterocycles. The maximum absolute atomic E-state index is 14.4. The molecular formula is C110H124ClF6N5O11Si2. The van der Waals surface area contributed by atoms with E-state index in [1.165, 1.54) is 75.3 Å². The van der Waals surface area contributed by atoms with Crippen LogP contribution in [0.3, 0.4) is 0 Å². The number of ether oxygens (including phenoxy) is 4. The molecule has 0 amide bonds. The number of aryl methyl sites for hydroxylation is 4. The molecule has 2 aromatic heterocycles. The quantitative estimate of drug-likeness (QED) is 0.0113. The summed E-state index contributed by atoms with van der Waals surface area (Å²) in [7, 11) is -5.29. The molecule has 19 rings (SSSR count). The molecule has 0 radical (unpaired) electrons. The van der Waals surface area contributed by atoms with E-state index >= 15 is 0 Å². The van der Waals surface area contributed by atoms with Crippen molar-refractivity contribution in [3.63, 3.8) is 0 Å². The highest BCUT2D eigenvalue weighted by molar-refractivity contribution is 7.00. The number of cyclic esters (lactones) is 1. The molecule has 135 heavy (non-hydrogen) atoms. The summed E-state index contributed by atoms with van der Waals surface area (Å²) >= 11 is 5.27. The van der Waals surface area contributed by atoms with Gasteiger partial charge in [-0.15, -0.1) is 11.6 Å². The molecule has 2 aliphatic heterocycles. The Hall–Kier alpha value is -10.8. The van der Waals surface area contributed by atoms with Crippen LogP contribution in [0.15, 0.2) is 279 Å². The first-order valence-corrected chi connectivity index (χ1v) is 50.7. The van der Waals surface area contributed by atoms with E-state index in [0.29, 0.717) is 45.0 Å². The molecule has 0 unspecified atom stereocenters. The molecule has 712 valence electrons. The Morgan fingerprint density at radius 1 is 0.452 bits per heavy atom. The minimum absolute atomic E-state index is 0.00519. The second-order valence-corrected chi connectivity index (χ2v) is 47.3. The molecule has 0 bridgehead atoms. The highest BCUT2D eigenvalue weighted by atomic mass is 35.5. The fraction of sp³-hybridized carbons (Fsp3) is 0.382. The zero-order valence-electron chi connectivity index (χ0n) is 78.5. The van der Waals surface area contributed by atoms with Crippen LogP contribution in [0.1, 0.15) is 132 Å². The number of carbonyl (C=O) groups is 1. The molecular weight excluding hydrogens is 1770 g/mol. The van der Waals surface area contributed by atoms with Gasteiger partial charge in [0, 0.05) is 67.1 Å². The largest absolute Gasteiger partial charge is 0.489 e. The number of esters is 1. The van der Waals surface area contributed by atoms with Gasteiger partial charge in [0.25, 0.3) is 16.6 Å². The standard InChI is InChI=1S/C33H39FN2O2Si.C27H31FO2Si.C17H21FN2O2.C11H9FO2.C11H13FO2.C8H6FN.C3H5ClO/c1-6-36-22-31(25(2)35-36)37-24-33(26-14-13-15-28(34)20-26)21-27(33)23-38-39(32(3,4)5,29-16-9-7-10-17-29)30-18-11-8-12-19-30;1-26(2,3)31(24-13-6-4-7-14-24,25-15-8-5-9-16-25)30-19-22-18-27(22,20-29)21-11-10-12-23(28)17-21;1-3-20-9-16(12(2)19-20)22-11-17(8-14(17)10-21)13-5-4-6-15(18)7-13;12-9-3-1-2-7(4-9)11-5-8(11)6-14-10(11)13;12-10-3-1-2-8(4-10)11(7-14)5-9(11)6-13;9-8-3-1-2-7(6-8)4-5-10;4-1-3-2-5-3/h7-20,22,27H,6,21,23-24H2,1-5H3;4-17,22,29H,18-20H2,1-3H3;4-7,9,14,21H,3,8,10-11H2,1-2H3;1-4,8H,5-6H2;1-4,9,13-14H,5-7H2;1-3,6H,4H2;3H,1-2H2/t27-,33+;22-,27+;14-,17+;8-,11+;9-,11+;;3-/m00000.0/s1. The Bertz CT molecular complexity index is 5870. The van der Waals surface area contributed by atoms with Crippen molar-refractivity contribution < 1.29 is 79.4 Å². The average molecular weight is 1900 g/mol. The molecule has 7 fully saturated rings. The summed E-state index contributed by atoms with van der Waals surface area (Å²) < 4.78 is 120. The van der Waals surface area contributed by atoms with Gasteiger partial charge in [0.1, 0.15) is 46.3 Å². The number of benzene rings is 10. The van der Waals surface area contributed by atoms with Crippen LogP contribution in [0.2, 0.25) is 10.1 Å². The lowest BCUT2D eigenvalue weighted by atomic mass is 9.94. The lowest BCUT2D eigenvalue weighted by molar-refractivity contribution is -0.142. The van der Waals surface area contributed by atoms with Gasteiger partial charge in [-0.1, -0.05) is 236 Å². The van der Waals surface area contributed by atoms with Crippen LogP contribution in [-0.4, -0.2) is 141 Å². The zero-order valence-corrected chi connectivity index (χ0v) is 81.2. The number of carbonyl (C=O) groups excluding carboxylic acids is 1. The number of nitrogens with zero attached hydrogens (tertiary/aromatic N) is 5. The second-order valence-electron chi connectivity index (χ2n) is 38.4. The number of rotatable bonds is 29. The summed E-state index contributed by atoms with van der Waals surface area (Å²) in [6.45, 7) is 26.7. The van der Waals surface area contributed by atoms with Crippen LogP contribution in [0.25, 0.3) is 0 Å². The van der Waals surface area contributed by atoms with Crippen molar-refractivity contribution in [3.8, 4) is 17.6 Å². The first kappa shape index (κ1) is 102. The molecule has 0 spiro atoms. The minimum atomic E-state index is -2.67. The third-order valence-corrected chi connectivity index (χ3v) is 38.1. The van der Waals surface area contributed by atoms with Crippen LogP contribution < -0.4 is 30.2 Å². The summed E-state index contributed by atoms with van der Waals surface area (Å²) in [5.74, 6) is 1.26. The van der Waals surface area contributed by atoms with E-state index in [2.05, 4.69) is 168 Å². The van der Waals surface area contributed by atoms with Crippen LogP contribution in [-0.2, 0) is 69.7 Å². The third-order valence-electron chi connectivity index (χ3n) is 27.8. The van der Waals surface area contributed by atoms with E-state index in [9.17, 15) is 46.5 Å². The van der Waals surface area contributed by atoms with Gasteiger partial charge in [-0.25, -0.2) is 26.3 Å². The second kappa shape index (κ2) is 44.1. The molecule has 16 nitrogen and oxygen atoms in total. The highest BCUT2D eigenvalue weighted by Gasteiger charge is 2.67. The lowest BCUT2D eigenvalue weighted by Crippen LogP contribution is -2.66. The van der Waals surface area contributed by atoms with Crippen molar-refractivity contribution in [2.75, 3.05) is 71.9 Å². The molecule has 5 saturated carbocycles. The average Bonchev–Trinajstić information content (AvgIpc) is 1.57. The summed E-state index contributed by atoms with van der Waals surface area (Å²) in [6, 6.07) is 83.3. The van der Waals surface area contributed by atoms with Gasteiger partial charge in [-0.05, 0) is 220 Å². The van der Waals surface area contributed by atoms with E-state index in [-0.39, 0.29) is 124 Å². The number of aliphatic hydroxyl groups is 4. The van der Waals surface area contributed by atoms with Gasteiger partial charge < -0.3 is 48.2 Å². The van der Waals surface area contributed by atoms with E-state index in [1.807, 2.05) is 78.9 Å². The van der Waals surface area contributed by atoms with Crippen LogP contribution in [0.5, 0.6) is 11.5 Å². The summed E-state index contributed by atoms with van der Waals surface area (Å²) in [5, 5.41) is 59.9. The summed E-state index contributed by atoms with van der Waals surface area (Å²) in [5.41, 5.74) is 4.83. The molecule has 7 aliphatic rings. The molecule has 4 N–H and O–H groups in total. The summed E-state index contributed by atoms with van der Waals surface area (Å²) in [6.07, 6.45) is 8.57. The fourth-order valence-corrected chi connectivity index (χ4v) is 28.7. The number of alkyl halides is 1. The lowest BCUT2D eigenvalue weighted by Gasteiger charge is -2.43. The summed E-state index contributed by atoms with van der Waals surface area (Å²) in [4.78, 5) is 11.5. The van der Waals surface area contributed by atoms with Gasteiger partial charge in [-0.3, -0.25) is 14.2 Å². The van der Waals surface area contributed by atoms with E-state index < -0.39 is 32.9 Å². The number of fused-ring (bicyclic) bond motifs is 1. The Morgan fingerprint density at radius 3 is 1.07 bits per heavy atom. The topological polar surface area (TPSA) is 216 Å². The third kappa shape index (κ3) is 23.2. The number of nitriles is 1. The normalized spacial score (nSPS) is 22.8. The highest BCUT2D eigenvalue weighted by Crippen LogP contribution is 2.61. The van der Waals surface area contributed by atoms with Crippen LogP contribution in [0, 0.1) is 89.7 Å². The van der Waals surface area contributed by atoms with Crippen molar-refractivity contribution in [1.82, 2.24) is 19.6 Å². The maximum Gasteiger partial charge on any atom is 0.317 e. The van der Waals surface area contributed by atoms with Crippen molar-refractivity contribution in [2.45, 2.75) is 164 Å². The number of hydrogen-bond donors (Lipinski definition) is 4. The number of hydrogen-bond acceptors (Lipinski definition) is 14. The van der Waals surface area contributed by atoms with Crippen molar-refractivity contribution in [3.05, 3.63) is 359 Å². The van der Waals surface area contributed by atoms with Crippen molar-refractivity contribution in [2.24, 2.45) is 29.6 Å². The first-order chi connectivity index (χ1) is 64.8. The number of epoxide rings is 1. The SMILES string of the molecule is CC(C)(C)[Si](OC[C@@H]1C[C@@]1(CO)c1cccc(F)c1)(c1ccccc1)c1ccccc1.CCn1cc(OC[C@@]2(c3cccc(F)c3)C[C@H]2CO)c(C)n1.CCn1cc(OC[C@@]2(c3cccc(F)c3)C[C@H]2CO[Si](c2ccccc2)(c2ccccc2)C(C)(C)C)c(C)n1.ClC[C@H]1CO1.N#CCc1cccc(F)c1.O=C1OC[C@@H]2C[C@]12c1cccc(F)c1.OC[C@@H]1C[C@@]1(CO)c1cccc(F)c1. The van der Waals surface area contributed by atoms with Gasteiger partial charge in [0.15, 0.2) is 11.5 Å². The molecule has 11 atom stereocenters. The predicted octanol–water partition coefficient (Wildman–Crippen LogP) is 18.8. The zero-order chi connectivity index (χ0) is 96.6. The van der Waals surface area contributed by atoms with Crippen LogP contribution >= 0.6 is 11.6 Å². The first-order valence-electron chi connectivity index (χ1n) is 46.4. The monoisotopic (exact) mass is 1900 g/mol. The fourth-order valence-electron chi connectivity index (χ4n) is 19.3. The van der Waals surface area contributed by atoms with Crippen molar-refractivity contribution in [1.29, 1.82) is 5.26 Å². The van der Waals surface area contributed by atoms with Gasteiger partial charge in [0.2, 0.25) is 0 Å². The Labute approximate surface area is 796 Å².